The first-order valence-electron chi connectivity index (χ1n) is 9.77. The van der Waals surface area contributed by atoms with Crippen LogP contribution in [0.4, 0.5) is 0 Å². The number of ether oxygens (including phenoxy) is 1. The molecular formula is C23H27NO4. The molecule has 1 amide bonds. The highest BCUT2D eigenvalue weighted by atomic mass is 16.5. The molecule has 5 heteroatoms. The third-order valence-electron chi connectivity index (χ3n) is 5.50. The van der Waals surface area contributed by atoms with Crippen molar-refractivity contribution in [1.82, 2.24) is 4.90 Å². The van der Waals surface area contributed by atoms with Gasteiger partial charge in [-0.05, 0) is 49.4 Å². The minimum atomic E-state index is -0.897. The molecule has 0 bridgehead atoms. The minimum absolute atomic E-state index is 0.0693. The molecule has 0 aliphatic carbocycles. The lowest BCUT2D eigenvalue weighted by Crippen LogP contribution is -2.49. The highest BCUT2D eigenvalue weighted by Gasteiger charge is 2.43. The summed E-state index contributed by atoms with van der Waals surface area (Å²) in [6, 6.07) is 17.2. The maximum Gasteiger partial charge on any atom is 0.314 e. The van der Waals surface area contributed by atoms with Gasteiger partial charge in [0.05, 0.1) is 12.0 Å². The quantitative estimate of drug-likeness (QED) is 0.741. The summed E-state index contributed by atoms with van der Waals surface area (Å²) in [7, 11) is 0. The highest BCUT2D eigenvalue weighted by molar-refractivity contribution is 5.82. The molecule has 0 radical (unpaired) electrons. The van der Waals surface area contributed by atoms with Gasteiger partial charge in [0.1, 0.15) is 5.75 Å². The number of aryl methyl sites for hydroxylation is 1. The fourth-order valence-electron chi connectivity index (χ4n) is 3.80. The number of aliphatic carboxylic acids is 1. The van der Waals surface area contributed by atoms with Crippen molar-refractivity contribution < 1.29 is 19.4 Å². The van der Waals surface area contributed by atoms with Gasteiger partial charge < -0.3 is 14.7 Å². The molecule has 0 unspecified atom stereocenters. The molecule has 1 fully saturated rings. The van der Waals surface area contributed by atoms with Crippen LogP contribution in [0.5, 0.6) is 5.75 Å². The molecule has 1 aliphatic heterocycles. The molecule has 5 nitrogen and oxygen atoms in total. The van der Waals surface area contributed by atoms with E-state index in [4.69, 9.17) is 4.74 Å². The first kappa shape index (κ1) is 19.9. The van der Waals surface area contributed by atoms with Gasteiger partial charge in [-0.2, -0.15) is 0 Å². The SMILES string of the molecule is Cc1cccc(OCCCC(=O)N2CCC(C(=O)O)(c3ccccc3)CC2)c1. The van der Waals surface area contributed by atoms with Gasteiger partial charge in [-0.25, -0.2) is 0 Å². The third-order valence-corrected chi connectivity index (χ3v) is 5.50. The fourth-order valence-corrected chi connectivity index (χ4v) is 3.80. The smallest absolute Gasteiger partial charge is 0.314 e. The number of rotatable bonds is 7. The molecular weight excluding hydrogens is 354 g/mol. The zero-order valence-corrected chi connectivity index (χ0v) is 16.3. The second-order valence-electron chi connectivity index (χ2n) is 7.40. The van der Waals surface area contributed by atoms with Crippen LogP contribution in [-0.2, 0) is 15.0 Å². The van der Waals surface area contributed by atoms with Gasteiger partial charge in [0.25, 0.3) is 0 Å². The lowest BCUT2D eigenvalue weighted by molar-refractivity contribution is -0.148. The second kappa shape index (κ2) is 8.91. The number of amides is 1. The molecule has 28 heavy (non-hydrogen) atoms. The summed E-state index contributed by atoms with van der Waals surface area (Å²) >= 11 is 0. The Kier molecular flexibility index (Phi) is 6.34. The minimum Gasteiger partial charge on any atom is -0.494 e. The van der Waals surface area contributed by atoms with Crippen LogP contribution in [0.2, 0.25) is 0 Å². The average Bonchev–Trinajstić information content (AvgIpc) is 2.71. The van der Waals surface area contributed by atoms with Crippen LogP contribution in [0.3, 0.4) is 0 Å². The highest BCUT2D eigenvalue weighted by Crippen LogP contribution is 2.36. The Morgan fingerprint density at radius 1 is 1.07 bits per heavy atom. The number of likely N-dealkylation sites (tertiary alicyclic amines) is 1. The first-order valence-corrected chi connectivity index (χ1v) is 9.77. The van der Waals surface area contributed by atoms with E-state index in [0.717, 1.165) is 16.9 Å². The Labute approximate surface area is 165 Å². The van der Waals surface area contributed by atoms with E-state index in [1.54, 1.807) is 4.90 Å². The summed E-state index contributed by atoms with van der Waals surface area (Å²) < 4.78 is 5.70. The number of piperidine rings is 1. The van der Waals surface area contributed by atoms with Crippen LogP contribution in [0.1, 0.15) is 36.8 Å². The predicted octanol–water partition coefficient (Wildman–Crippen LogP) is 3.80. The monoisotopic (exact) mass is 381 g/mol. The van der Waals surface area contributed by atoms with Crippen molar-refractivity contribution in [2.75, 3.05) is 19.7 Å². The van der Waals surface area contributed by atoms with E-state index in [0.29, 0.717) is 45.4 Å². The number of carbonyl (C=O) groups is 2. The molecule has 0 aromatic heterocycles. The molecule has 148 valence electrons. The molecule has 3 rings (SSSR count). The summed E-state index contributed by atoms with van der Waals surface area (Å²) in [5.74, 6) is 0.0803. The number of carboxylic acid groups (broad SMARTS) is 1. The normalized spacial score (nSPS) is 15.8. The summed E-state index contributed by atoms with van der Waals surface area (Å²) in [6.07, 6.45) is 1.94. The Bertz CT molecular complexity index is 810. The zero-order valence-electron chi connectivity index (χ0n) is 16.3. The molecule has 1 heterocycles. The number of hydrogen-bond acceptors (Lipinski definition) is 3. The fraction of sp³-hybridized carbons (Fsp3) is 0.391. The topological polar surface area (TPSA) is 66.8 Å². The maximum absolute atomic E-state index is 12.5. The van der Waals surface area contributed by atoms with Crippen molar-refractivity contribution in [3.8, 4) is 5.75 Å². The van der Waals surface area contributed by atoms with Gasteiger partial charge in [-0.15, -0.1) is 0 Å². The van der Waals surface area contributed by atoms with Gasteiger partial charge in [-0.1, -0.05) is 42.5 Å². The maximum atomic E-state index is 12.5. The van der Waals surface area contributed by atoms with Crippen molar-refractivity contribution >= 4 is 11.9 Å². The predicted molar refractivity (Wildman–Crippen MR) is 107 cm³/mol. The molecule has 1 N–H and O–H groups in total. The van der Waals surface area contributed by atoms with E-state index in [1.807, 2.05) is 61.5 Å². The van der Waals surface area contributed by atoms with Crippen molar-refractivity contribution in [1.29, 1.82) is 0 Å². The van der Waals surface area contributed by atoms with E-state index in [9.17, 15) is 14.7 Å². The standard InChI is InChI=1S/C23H27NO4/c1-18-7-5-10-20(17-18)28-16-6-11-21(25)24-14-12-23(13-15-24,22(26)27)19-8-3-2-4-9-19/h2-5,7-10,17H,6,11-16H2,1H3,(H,26,27). The lowest BCUT2D eigenvalue weighted by Gasteiger charge is -2.39. The van der Waals surface area contributed by atoms with Gasteiger partial charge in [0.2, 0.25) is 5.91 Å². The van der Waals surface area contributed by atoms with Crippen molar-refractivity contribution in [2.24, 2.45) is 0 Å². The number of benzene rings is 2. The summed E-state index contributed by atoms with van der Waals surface area (Å²) in [5.41, 5.74) is 1.06. The molecule has 2 aromatic carbocycles. The Balaban J connectivity index is 1.48. The van der Waals surface area contributed by atoms with Crippen molar-refractivity contribution in [3.63, 3.8) is 0 Å². The van der Waals surface area contributed by atoms with E-state index >= 15 is 0 Å². The largest absolute Gasteiger partial charge is 0.494 e. The van der Waals surface area contributed by atoms with Crippen LogP contribution in [0.25, 0.3) is 0 Å². The van der Waals surface area contributed by atoms with Gasteiger partial charge in [0.15, 0.2) is 0 Å². The van der Waals surface area contributed by atoms with Crippen LogP contribution in [0.15, 0.2) is 54.6 Å². The number of carbonyl (C=O) groups excluding carboxylic acids is 1. The zero-order chi connectivity index (χ0) is 20.0. The van der Waals surface area contributed by atoms with Crippen molar-refractivity contribution in [3.05, 3.63) is 65.7 Å². The first-order chi connectivity index (χ1) is 13.5. The van der Waals surface area contributed by atoms with Crippen LogP contribution < -0.4 is 4.74 Å². The molecule has 1 aliphatic rings. The number of carboxylic acids is 1. The van der Waals surface area contributed by atoms with E-state index in [-0.39, 0.29) is 5.91 Å². The van der Waals surface area contributed by atoms with E-state index in [1.165, 1.54) is 0 Å². The molecule has 0 saturated carbocycles. The van der Waals surface area contributed by atoms with Crippen LogP contribution >= 0.6 is 0 Å². The number of nitrogens with zero attached hydrogens (tertiary/aromatic N) is 1. The van der Waals surface area contributed by atoms with Crippen LogP contribution in [0, 0.1) is 6.92 Å². The Morgan fingerprint density at radius 2 is 1.79 bits per heavy atom. The average molecular weight is 381 g/mol. The Hall–Kier alpha value is -2.82. The summed E-state index contributed by atoms with van der Waals surface area (Å²) in [5, 5.41) is 9.85. The Morgan fingerprint density at radius 3 is 2.43 bits per heavy atom. The number of hydrogen-bond donors (Lipinski definition) is 1. The lowest BCUT2D eigenvalue weighted by atomic mass is 9.73. The van der Waals surface area contributed by atoms with Crippen LogP contribution in [-0.4, -0.2) is 41.6 Å². The second-order valence-corrected chi connectivity index (χ2v) is 7.40. The van der Waals surface area contributed by atoms with Gasteiger partial charge in [0, 0.05) is 19.5 Å². The van der Waals surface area contributed by atoms with E-state index in [2.05, 4.69) is 0 Å². The van der Waals surface area contributed by atoms with Crippen molar-refractivity contribution in [2.45, 2.75) is 38.0 Å². The summed E-state index contributed by atoms with van der Waals surface area (Å²) in [4.78, 5) is 26.3. The van der Waals surface area contributed by atoms with Gasteiger partial charge >= 0.3 is 5.97 Å². The summed E-state index contributed by atoms with van der Waals surface area (Å²) in [6.45, 7) is 3.45. The molecule has 0 spiro atoms. The molecule has 2 aromatic rings. The van der Waals surface area contributed by atoms with Gasteiger partial charge in [-0.3, -0.25) is 9.59 Å². The third kappa shape index (κ3) is 4.53. The molecule has 1 saturated heterocycles. The van der Waals surface area contributed by atoms with E-state index < -0.39 is 11.4 Å². The molecule has 0 atom stereocenters.